The molecule has 0 aliphatic heterocycles. The summed E-state index contributed by atoms with van der Waals surface area (Å²) in [6, 6.07) is 6.71. The van der Waals surface area contributed by atoms with Gasteiger partial charge >= 0.3 is 0 Å². The first-order valence-corrected chi connectivity index (χ1v) is 5.86. The minimum Gasteiger partial charge on any atom is -0.490 e. The van der Waals surface area contributed by atoms with E-state index in [-0.39, 0.29) is 0 Å². The molecule has 2 N–H and O–H groups in total. The van der Waals surface area contributed by atoms with Crippen LogP contribution in [0.15, 0.2) is 18.2 Å². The predicted octanol–water partition coefficient (Wildman–Crippen LogP) is 2.05. The summed E-state index contributed by atoms with van der Waals surface area (Å²) in [5.74, 6) is 0.801. The minimum atomic E-state index is 0.709. The van der Waals surface area contributed by atoms with Crippen LogP contribution in [0.25, 0.3) is 0 Å². The van der Waals surface area contributed by atoms with E-state index in [1.54, 1.807) is 0 Å². The maximum absolute atomic E-state index is 5.87. The second kappa shape index (κ2) is 4.74. The van der Waals surface area contributed by atoms with E-state index in [0.717, 1.165) is 24.0 Å². The zero-order valence-electron chi connectivity index (χ0n) is 10.1. The molecule has 0 bridgehead atoms. The molecule has 1 fully saturated rings. The van der Waals surface area contributed by atoms with Gasteiger partial charge in [-0.2, -0.15) is 0 Å². The highest BCUT2D eigenvalue weighted by Gasteiger charge is 2.25. The van der Waals surface area contributed by atoms with Crippen LogP contribution in [0.1, 0.15) is 18.4 Å². The van der Waals surface area contributed by atoms with Gasteiger partial charge in [0.2, 0.25) is 0 Å². The number of nitrogens with zero attached hydrogens (tertiary/aromatic N) is 1. The maximum atomic E-state index is 5.87. The van der Waals surface area contributed by atoms with Gasteiger partial charge in [0, 0.05) is 12.6 Å². The number of hydrogen-bond donors (Lipinski definition) is 1. The number of nitrogens with two attached hydrogens (primary N) is 1. The smallest absolute Gasteiger partial charge is 0.142 e. The molecule has 1 aliphatic carbocycles. The molecule has 0 aromatic heterocycles. The average Bonchev–Trinajstić information content (AvgIpc) is 3.04. The van der Waals surface area contributed by atoms with E-state index in [2.05, 4.69) is 11.9 Å². The Morgan fingerprint density at radius 1 is 1.44 bits per heavy atom. The van der Waals surface area contributed by atoms with Crippen LogP contribution < -0.4 is 10.5 Å². The second-order valence-corrected chi connectivity index (χ2v) is 4.60. The second-order valence-electron chi connectivity index (χ2n) is 4.60. The van der Waals surface area contributed by atoms with E-state index in [9.17, 15) is 0 Å². The molecule has 1 aromatic rings. The van der Waals surface area contributed by atoms with Crippen LogP contribution in [0, 0.1) is 6.92 Å². The molecule has 0 spiro atoms. The number of rotatable bonds is 5. The van der Waals surface area contributed by atoms with Gasteiger partial charge in [0.15, 0.2) is 0 Å². The number of nitrogen functional groups attached to an aromatic ring is 1. The Morgan fingerprint density at radius 3 is 2.81 bits per heavy atom. The number of anilines is 1. The van der Waals surface area contributed by atoms with Crippen LogP contribution in [0.4, 0.5) is 5.69 Å². The third-order valence-electron chi connectivity index (χ3n) is 3.04. The van der Waals surface area contributed by atoms with Crippen molar-refractivity contribution in [3.63, 3.8) is 0 Å². The number of benzene rings is 1. The van der Waals surface area contributed by atoms with Crippen molar-refractivity contribution in [2.75, 3.05) is 25.9 Å². The summed E-state index contributed by atoms with van der Waals surface area (Å²) < 4.78 is 5.67. The molecule has 16 heavy (non-hydrogen) atoms. The molecule has 0 amide bonds. The Bertz CT molecular complexity index is 361. The fourth-order valence-electron chi connectivity index (χ4n) is 1.80. The standard InChI is InChI=1S/C13H20N2O/c1-10-3-6-13(12(14)9-10)16-8-7-15(2)11-4-5-11/h3,6,9,11H,4-5,7-8,14H2,1-2H3. The molecule has 0 atom stereocenters. The lowest BCUT2D eigenvalue weighted by atomic mass is 10.2. The van der Waals surface area contributed by atoms with E-state index in [1.807, 2.05) is 25.1 Å². The summed E-state index contributed by atoms with van der Waals surface area (Å²) in [7, 11) is 2.15. The molecule has 0 saturated heterocycles. The zero-order valence-corrected chi connectivity index (χ0v) is 10.1. The van der Waals surface area contributed by atoms with E-state index >= 15 is 0 Å². The highest BCUT2D eigenvalue weighted by Crippen LogP contribution is 2.25. The molecule has 1 aromatic carbocycles. The molecule has 1 aliphatic rings. The molecule has 3 heteroatoms. The first-order chi connectivity index (χ1) is 7.66. The Balaban J connectivity index is 1.80. The van der Waals surface area contributed by atoms with Crippen LogP contribution in [0.3, 0.4) is 0 Å². The largest absolute Gasteiger partial charge is 0.490 e. The Morgan fingerprint density at radius 2 is 2.19 bits per heavy atom. The van der Waals surface area contributed by atoms with Gasteiger partial charge in [-0.1, -0.05) is 6.07 Å². The van der Waals surface area contributed by atoms with Crippen molar-refractivity contribution in [2.24, 2.45) is 0 Å². The lowest BCUT2D eigenvalue weighted by Crippen LogP contribution is -2.26. The molecule has 3 nitrogen and oxygen atoms in total. The van der Waals surface area contributed by atoms with Crippen molar-refractivity contribution in [2.45, 2.75) is 25.8 Å². The van der Waals surface area contributed by atoms with E-state index in [1.165, 1.54) is 18.4 Å². The van der Waals surface area contributed by atoms with Crippen molar-refractivity contribution in [3.05, 3.63) is 23.8 Å². The van der Waals surface area contributed by atoms with Crippen molar-refractivity contribution < 1.29 is 4.74 Å². The summed E-state index contributed by atoms with van der Waals surface area (Å²) >= 11 is 0. The highest BCUT2D eigenvalue weighted by molar-refractivity contribution is 5.53. The van der Waals surface area contributed by atoms with Crippen LogP contribution in [-0.4, -0.2) is 31.1 Å². The van der Waals surface area contributed by atoms with Crippen molar-refractivity contribution in [1.82, 2.24) is 4.90 Å². The van der Waals surface area contributed by atoms with Crippen LogP contribution in [-0.2, 0) is 0 Å². The fourth-order valence-corrected chi connectivity index (χ4v) is 1.80. The van der Waals surface area contributed by atoms with E-state index < -0.39 is 0 Å². The zero-order chi connectivity index (χ0) is 11.5. The van der Waals surface area contributed by atoms with E-state index in [4.69, 9.17) is 10.5 Å². The van der Waals surface area contributed by atoms with Crippen LogP contribution in [0.5, 0.6) is 5.75 Å². The molecular weight excluding hydrogens is 200 g/mol. The molecule has 88 valence electrons. The molecular formula is C13H20N2O. The van der Waals surface area contributed by atoms with Crippen molar-refractivity contribution in [1.29, 1.82) is 0 Å². The van der Waals surface area contributed by atoms with Gasteiger partial charge in [-0.15, -0.1) is 0 Å². The predicted molar refractivity (Wildman–Crippen MR) is 66.7 cm³/mol. The Labute approximate surface area is 97.2 Å². The number of likely N-dealkylation sites (N-methyl/N-ethyl adjacent to an activating group) is 1. The topological polar surface area (TPSA) is 38.5 Å². The molecule has 0 radical (unpaired) electrons. The molecule has 2 rings (SSSR count). The molecule has 1 saturated carbocycles. The first-order valence-electron chi connectivity index (χ1n) is 5.86. The van der Waals surface area contributed by atoms with Gasteiger partial charge < -0.3 is 15.4 Å². The van der Waals surface area contributed by atoms with Gasteiger partial charge in [-0.3, -0.25) is 0 Å². The Hall–Kier alpha value is -1.22. The normalized spacial score (nSPS) is 15.4. The summed E-state index contributed by atoms with van der Waals surface area (Å²) in [6.07, 6.45) is 2.67. The molecule has 0 heterocycles. The number of ether oxygens (including phenoxy) is 1. The van der Waals surface area contributed by atoms with Crippen molar-refractivity contribution in [3.8, 4) is 5.75 Å². The third-order valence-corrected chi connectivity index (χ3v) is 3.04. The lowest BCUT2D eigenvalue weighted by molar-refractivity contribution is 0.232. The summed E-state index contributed by atoms with van der Waals surface area (Å²) in [5.41, 5.74) is 7.77. The summed E-state index contributed by atoms with van der Waals surface area (Å²) in [6.45, 7) is 3.71. The number of hydrogen-bond acceptors (Lipinski definition) is 3. The van der Waals surface area contributed by atoms with Crippen LogP contribution >= 0.6 is 0 Å². The maximum Gasteiger partial charge on any atom is 0.142 e. The van der Waals surface area contributed by atoms with Gasteiger partial charge in [0.05, 0.1) is 5.69 Å². The first kappa shape index (κ1) is 11.3. The van der Waals surface area contributed by atoms with Gasteiger partial charge in [0.1, 0.15) is 12.4 Å². The highest BCUT2D eigenvalue weighted by atomic mass is 16.5. The van der Waals surface area contributed by atoms with Gasteiger partial charge in [-0.05, 0) is 44.5 Å². The van der Waals surface area contributed by atoms with Crippen molar-refractivity contribution >= 4 is 5.69 Å². The summed E-state index contributed by atoms with van der Waals surface area (Å²) in [4.78, 5) is 2.35. The Kier molecular flexibility index (Phi) is 3.34. The van der Waals surface area contributed by atoms with Crippen LogP contribution in [0.2, 0.25) is 0 Å². The van der Waals surface area contributed by atoms with E-state index in [0.29, 0.717) is 6.61 Å². The monoisotopic (exact) mass is 220 g/mol. The fraction of sp³-hybridized carbons (Fsp3) is 0.538. The minimum absolute atomic E-state index is 0.709. The quantitative estimate of drug-likeness (QED) is 0.772. The number of aryl methyl sites for hydroxylation is 1. The summed E-state index contributed by atoms with van der Waals surface area (Å²) in [5, 5.41) is 0. The van der Waals surface area contributed by atoms with Gasteiger partial charge in [0.25, 0.3) is 0 Å². The molecule has 0 unspecified atom stereocenters. The third kappa shape index (κ3) is 2.89. The lowest BCUT2D eigenvalue weighted by Gasteiger charge is -2.16. The average molecular weight is 220 g/mol. The van der Waals surface area contributed by atoms with Gasteiger partial charge in [-0.25, -0.2) is 0 Å². The SMILES string of the molecule is Cc1ccc(OCCN(C)C2CC2)c(N)c1.